The largest absolute Gasteiger partial charge is 0.481 e. The molecule has 1 aliphatic heterocycles. The summed E-state index contributed by atoms with van der Waals surface area (Å²) in [4.78, 5) is 12.9. The van der Waals surface area contributed by atoms with Crippen LogP contribution in [0, 0.1) is 0 Å². The van der Waals surface area contributed by atoms with E-state index in [1.54, 1.807) is 0 Å². The van der Waals surface area contributed by atoms with Crippen LogP contribution in [-0.4, -0.2) is 36.8 Å². The number of nitrogens with one attached hydrogen (secondary N) is 1. The molecular weight excluding hydrogens is 252 g/mol. The molecule has 0 radical (unpaired) electrons. The monoisotopic (exact) mass is 276 g/mol. The van der Waals surface area contributed by atoms with Gasteiger partial charge in [-0.2, -0.15) is 0 Å². The van der Waals surface area contributed by atoms with Crippen LogP contribution in [0.5, 0.6) is 0 Å². The molecular formula is C16H24N2O2. The van der Waals surface area contributed by atoms with E-state index in [0.717, 1.165) is 32.5 Å². The van der Waals surface area contributed by atoms with Crippen molar-refractivity contribution in [3.05, 3.63) is 29.8 Å². The topological polar surface area (TPSA) is 52.6 Å². The van der Waals surface area contributed by atoms with Gasteiger partial charge in [-0.1, -0.05) is 18.2 Å². The van der Waals surface area contributed by atoms with Crippen LogP contribution in [0.2, 0.25) is 0 Å². The highest BCUT2D eigenvalue weighted by atomic mass is 16.4. The summed E-state index contributed by atoms with van der Waals surface area (Å²) in [6.45, 7) is 5.18. The number of anilines is 1. The van der Waals surface area contributed by atoms with Crippen LogP contribution in [0.4, 0.5) is 5.69 Å². The maximum absolute atomic E-state index is 10.5. The van der Waals surface area contributed by atoms with Crippen LogP contribution in [0.25, 0.3) is 0 Å². The SMILES string of the molecule is CC(CCC(=O)O)NCCCN1CCc2ccccc21. The molecule has 0 bridgehead atoms. The Hall–Kier alpha value is -1.55. The van der Waals surface area contributed by atoms with E-state index < -0.39 is 5.97 Å². The van der Waals surface area contributed by atoms with Gasteiger partial charge in [-0.15, -0.1) is 0 Å². The third kappa shape index (κ3) is 4.23. The summed E-state index contributed by atoms with van der Waals surface area (Å²) in [7, 11) is 0. The van der Waals surface area contributed by atoms with E-state index in [1.165, 1.54) is 11.3 Å². The molecule has 110 valence electrons. The lowest BCUT2D eigenvalue weighted by Crippen LogP contribution is -2.31. The maximum Gasteiger partial charge on any atom is 0.303 e. The van der Waals surface area contributed by atoms with Crippen LogP contribution >= 0.6 is 0 Å². The molecule has 4 nitrogen and oxygen atoms in total. The van der Waals surface area contributed by atoms with Gasteiger partial charge < -0.3 is 15.3 Å². The average Bonchev–Trinajstić information content (AvgIpc) is 2.85. The molecule has 0 aliphatic carbocycles. The Morgan fingerprint density at radius 3 is 3.05 bits per heavy atom. The van der Waals surface area contributed by atoms with Gasteiger partial charge in [0.25, 0.3) is 0 Å². The molecule has 4 heteroatoms. The minimum Gasteiger partial charge on any atom is -0.481 e. The van der Waals surface area contributed by atoms with Crippen molar-refractivity contribution in [2.45, 2.75) is 38.6 Å². The molecule has 0 aromatic heterocycles. The first kappa shape index (κ1) is 14.9. The van der Waals surface area contributed by atoms with Gasteiger partial charge in [-0.3, -0.25) is 4.79 Å². The number of rotatable bonds is 8. The Morgan fingerprint density at radius 2 is 2.25 bits per heavy atom. The average molecular weight is 276 g/mol. The number of carboxylic acids is 1. The molecule has 1 unspecified atom stereocenters. The van der Waals surface area contributed by atoms with E-state index in [0.29, 0.717) is 6.42 Å². The Bertz CT molecular complexity index is 448. The second-order valence-electron chi connectivity index (χ2n) is 5.51. The molecule has 1 heterocycles. The van der Waals surface area contributed by atoms with Gasteiger partial charge in [-0.05, 0) is 44.4 Å². The first-order chi connectivity index (χ1) is 9.66. The summed E-state index contributed by atoms with van der Waals surface area (Å²) >= 11 is 0. The Kier molecular flexibility index (Phi) is 5.41. The number of carboxylic acid groups (broad SMARTS) is 1. The molecule has 0 fully saturated rings. The first-order valence-electron chi connectivity index (χ1n) is 7.45. The molecule has 2 rings (SSSR count). The fourth-order valence-corrected chi connectivity index (χ4v) is 2.70. The predicted molar refractivity (Wildman–Crippen MR) is 81.3 cm³/mol. The molecule has 0 amide bonds. The summed E-state index contributed by atoms with van der Waals surface area (Å²) in [5.74, 6) is -0.715. The van der Waals surface area contributed by atoms with E-state index in [-0.39, 0.29) is 12.5 Å². The number of fused-ring (bicyclic) bond motifs is 1. The fourth-order valence-electron chi connectivity index (χ4n) is 2.70. The van der Waals surface area contributed by atoms with Crippen molar-refractivity contribution >= 4 is 11.7 Å². The van der Waals surface area contributed by atoms with Crippen LogP contribution < -0.4 is 10.2 Å². The van der Waals surface area contributed by atoms with Crippen molar-refractivity contribution in [3.8, 4) is 0 Å². The standard InChI is InChI=1S/C16H24N2O2/c1-13(7-8-16(19)20)17-10-4-11-18-12-9-14-5-2-3-6-15(14)18/h2-3,5-6,13,17H,4,7-12H2,1H3,(H,19,20). The van der Waals surface area contributed by atoms with E-state index in [2.05, 4.69) is 34.5 Å². The predicted octanol–water partition coefficient (Wildman–Crippen LogP) is 2.28. The second-order valence-corrected chi connectivity index (χ2v) is 5.51. The van der Waals surface area contributed by atoms with Crippen LogP contribution in [-0.2, 0) is 11.2 Å². The smallest absolute Gasteiger partial charge is 0.303 e. The first-order valence-corrected chi connectivity index (χ1v) is 7.45. The molecule has 1 aromatic rings. The maximum atomic E-state index is 10.5. The van der Waals surface area contributed by atoms with Gasteiger partial charge in [0.05, 0.1) is 0 Å². The lowest BCUT2D eigenvalue weighted by atomic mass is 10.2. The van der Waals surface area contributed by atoms with Crippen molar-refractivity contribution < 1.29 is 9.90 Å². The lowest BCUT2D eigenvalue weighted by Gasteiger charge is -2.20. The number of hydrogen-bond donors (Lipinski definition) is 2. The number of hydrogen-bond acceptors (Lipinski definition) is 3. The second kappa shape index (κ2) is 7.29. The zero-order chi connectivity index (χ0) is 14.4. The van der Waals surface area contributed by atoms with Gasteiger partial charge in [0.15, 0.2) is 0 Å². The number of carbonyl (C=O) groups is 1. The summed E-state index contributed by atoms with van der Waals surface area (Å²) < 4.78 is 0. The van der Waals surface area contributed by atoms with Gasteiger partial charge in [0.2, 0.25) is 0 Å². The summed E-state index contributed by atoms with van der Waals surface area (Å²) in [5.41, 5.74) is 2.83. The van der Waals surface area contributed by atoms with Crippen molar-refractivity contribution in [2.75, 3.05) is 24.5 Å². The summed E-state index contributed by atoms with van der Waals surface area (Å²) in [6, 6.07) is 8.89. The highest BCUT2D eigenvalue weighted by Crippen LogP contribution is 2.27. The van der Waals surface area contributed by atoms with Gasteiger partial charge in [0.1, 0.15) is 0 Å². The molecule has 0 spiro atoms. The van der Waals surface area contributed by atoms with Crippen LogP contribution in [0.1, 0.15) is 31.7 Å². The van der Waals surface area contributed by atoms with E-state index in [4.69, 9.17) is 5.11 Å². The lowest BCUT2D eigenvalue weighted by molar-refractivity contribution is -0.137. The number of aliphatic carboxylic acids is 1. The zero-order valence-corrected chi connectivity index (χ0v) is 12.1. The highest BCUT2D eigenvalue weighted by Gasteiger charge is 2.17. The fraction of sp³-hybridized carbons (Fsp3) is 0.562. The number of benzene rings is 1. The van der Waals surface area contributed by atoms with Crippen molar-refractivity contribution in [1.82, 2.24) is 5.32 Å². The van der Waals surface area contributed by atoms with Crippen molar-refractivity contribution in [1.29, 1.82) is 0 Å². The van der Waals surface area contributed by atoms with Crippen molar-refractivity contribution in [2.24, 2.45) is 0 Å². The highest BCUT2D eigenvalue weighted by molar-refractivity contribution is 5.66. The normalized spacial score (nSPS) is 15.2. The molecule has 1 aromatic carbocycles. The Morgan fingerprint density at radius 1 is 1.45 bits per heavy atom. The third-order valence-electron chi connectivity index (χ3n) is 3.87. The van der Waals surface area contributed by atoms with Crippen molar-refractivity contribution in [3.63, 3.8) is 0 Å². The summed E-state index contributed by atoms with van der Waals surface area (Å²) in [5, 5.41) is 12.0. The van der Waals surface area contributed by atoms with E-state index >= 15 is 0 Å². The Balaban J connectivity index is 1.64. The molecule has 2 N–H and O–H groups in total. The zero-order valence-electron chi connectivity index (χ0n) is 12.1. The quantitative estimate of drug-likeness (QED) is 0.715. The van der Waals surface area contributed by atoms with E-state index in [1.807, 2.05) is 6.92 Å². The Labute approximate surface area is 120 Å². The molecule has 0 saturated carbocycles. The minimum atomic E-state index is -0.715. The van der Waals surface area contributed by atoms with E-state index in [9.17, 15) is 4.79 Å². The van der Waals surface area contributed by atoms with Gasteiger partial charge >= 0.3 is 5.97 Å². The molecule has 0 saturated heterocycles. The third-order valence-corrected chi connectivity index (χ3v) is 3.87. The van der Waals surface area contributed by atoms with Crippen LogP contribution in [0.15, 0.2) is 24.3 Å². The molecule has 1 atom stereocenters. The molecule has 1 aliphatic rings. The number of para-hydroxylation sites is 1. The van der Waals surface area contributed by atoms with Gasteiger partial charge in [-0.25, -0.2) is 0 Å². The minimum absolute atomic E-state index is 0.244. The number of nitrogens with zero attached hydrogens (tertiary/aromatic N) is 1. The van der Waals surface area contributed by atoms with Crippen LogP contribution in [0.3, 0.4) is 0 Å². The molecule has 20 heavy (non-hydrogen) atoms. The summed E-state index contributed by atoms with van der Waals surface area (Å²) in [6.07, 6.45) is 3.18. The van der Waals surface area contributed by atoms with Gasteiger partial charge in [0, 0.05) is 31.2 Å².